The number of halogens is 1. The molecule has 0 aliphatic heterocycles. The van der Waals surface area contributed by atoms with Crippen LogP contribution in [0.3, 0.4) is 0 Å². The van der Waals surface area contributed by atoms with Crippen LogP contribution in [0, 0.1) is 0 Å². The summed E-state index contributed by atoms with van der Waals surface area (Å²) < 4.78 is 0. The van der Waals surface area contributed by atoms with E-state index in [9.17, 15) is 4.79 Å². The fourth-order valence-electron chi connectivity index (χ4n) is 1.66. The van der Waals surface area contributed by atoms with Crippen molar-refractivity contribution in [3.63, 3.8) is 0 Å². The quantitative estimate of drug-likeness (QED) is 0.844. The zero-order valence-corrected chi connectivity index (χ0v) is 12.6. The van der Waals surface area contributed by atoms with Crippen molar-refractivity contribution < 1.29 is 4.79 Å². The Kier molecular flexibility index (Phi) is 4.93. The van der Waals surface area contributed by atoms with Gasteiger partial charge in [-0.05, 0) is 49.4 Å². The lowest BCUT2D eigenvalue weighted by atomic mass is 10.2. The number of hydrogen-bond acceptors (Lipinski definition) is 3. The summed E-state index contributed by atoms with van der Waals surface area (Å²) in [5, 5.41) is 3.47. The highest BCUT2D eigenvalue weighted by molar-refractivity contribution is 7.99. The van der Waals surface area contributed by atoms with E-state index in [1.165, 1.54) is 11.8 Å². The summed E-state index contributed by atoms with van der Waals surface area (Å²) >= 11 is 7.37. The van der Waals surface area contributed by atoms with E-state index in [-0.39, 0.29) is 5.91 Å². The number of carbonyl (C=O) groups is 1. The van der Waals surface area contributed by atoms with Gasteiger partial charge in [-0.2, -0.15) is 0 Å². The zero-order valence-electron chi connectivity index (χ0n) is 11.0. The molecule has 2 aromatic rings. The van der Waals surface area contributed by atoms with Gasteiger partial charge in [0.25, 0.3) is 5.91 Å². The number of carbonyl (C=O) groups excluding carboxylic acids is 1. The fourth-order valence-corrected chi connectivity index (χ4v) is 2.68. The topological polar surface area (TPSA) is 55.1 Å². The van der Waals surface area contributed by atoms with Crippen LogP contribution >= 0.6 is 23.4 Å². The van der Waals surface area contributed by atoms with Crippen LogP contribution in [0.2, 0.25) is 5.02 Å². The van der Waals surface area contributed by atoms with Gasteiger partial charge in [0.1, 0.15) is 0 Å². The van der Waals surface area contributed by atoms with Gasteiger partial charge in [0.15, 0.2) is 0 Å². The molecule has 0 fully saturated rings. The van der Waals surface area contributed by atoms with Crippen LogP contribution in [0.4, 0.5) is 5.69 Å². The molecule has 0 saturated carbocycles. The van der Waals surface area contributed by atoms with E-state index in [0.717, 1.165) is 9.79 Å². The Morgan fingerprint density at radius 3 is 2.60 bits per heavy atom. The van der Waals surface area contributed by atoms with Gasteiger partial charge in [0.2, 0.25) is 0 Å². The lowest BCUT2D eigenvalue weighted by Crippen LogP contribution is -2.22. The maximum Gasteiger partial charge on any atom is 0.251 e. The van der Waals surface area contributed by atoms with Gasteiger partial charge in [0.05, 0.1) is 0 Å². The molecular formula is C15H15ClN2OS. The summed E-state index contributed by atoms with van der Waals surface area (Å²) in [6.45, 7) is 2.49. The summed E-state index contributed by atoms with van der Waals surface area (Å²) in [6.07, 6.45) is 0. The monoisotopic (exact) mass is 306 g/mol. The van der Waals surface area contributed by atoms with Crippen molar-refractivity contribution in [2.45, 2.75) is 16.7 Å². The molecule has 20 heavy (non-hydrogen) atoms. The van der Waals surface area contributed by atoms with E-state index in [2.05, 4.69) is 5.32 Å². The average molecular weight is 307 g/mol. The Bertz CT molecular complexity index is 614. The summed E-state index contributed by atoms with van der Waals surface area (Å²) in [6, 6.07) is 12.8. The van der Waals surface area contributed by atoms with Crippen molar-refractivity contribution in [1.82, 2.24) is 5.32 Å². The highest BCUT2D eigenvalue weighted by Gasteiger charge is 2.08. The van der Waals surface area contributed by atoms with E-state index < -0.39 is 0 Å². The van der Waals surface area contributed by atoms with Crippen molar-refractivity contribution in [2.75, 3.05) is 12.3 Å². The Balaban J connectivity index is 2.24. The van der Waals surface area contributed by atoms with Crippen LogP contribution < -0.4 is 11.1 Å². The predicted molar refractivity (Wildman–Crippen MR) is 84.4 cm³/mol. The maximum atomic E-state index is 11.8. The van der Waals surface area contributed by atoms with Gasteiger partial charge in [-0.1, -0.05) is 23.4 Å². The number of amides is 1. The first-order chi connectivity index (χ1) is 9.60. The summed E-state index contributed by atoms with van der Waals surface area (Å²) in [4.78, 5) is 13.7. The van der Waals surface area contributed by atoms with Crippen LogP contribution in [0.15, 0.2) is 52.3 Å². The maximum absolute atomic E-state index is 11.8. The first-order valence-corrected chi connectivity index (χ1v) is 7.40. The Morgan fingerprint density at radius 2 is 1.95 bits per heavy atom. The molecule has 2 aromatic carbocycles. The molecule has 0 aliphatic carbocycles. The van der Waals surface area contributed by atoms with Crippen LogP contribution in [-0.2, 0) is 0 Å². The van der Waals surface area contributed by atoms with Crippen molar-refractivity contribution in [3.8, 4) is 0 Å². The zero-order chi connectivity index (χ0) is 14.5. The first-order valence-electron chi connectivity index (χ1n) is 6.21. The number of nitrogens with one attached hydrogen (secondary N) is 1. The molecular weight excluding hydrogens is 292 g/mol. The summed E-state index contributed by atoms with van der Waals surface area (Å²) in [7, 11) is 0. The minimum atomic E-state index is -0.0922. The summed E-state index contributed by atoms with van der Waals surface area (Å²) in [5.74, 6) is -0.0922. The molecule has 104 valence electrons. The van der Waals surface area contributed by atoms with Gasteiger partial charge < -0.3 is 11.1 Å². The number of rotatable bonds is 4. The van der Waals surface area contributed by atoms with E-state index >= 15 is 0 Å². The standard InChI is InChI=1S/C15H15ClN2OS/c1-2-18-15(19)10-3-8-13(17)14(9-10)20-12-6-4-11(16)5-7-12/h3-9H,2,17H2,1H3,(H,18,19). The first kappa shape index (κ1) is 14.8. The second-order valence-electron chi connectivity index (χ2n) is 4.17. The molecule has 0 spiro atoms. The smallest absolute Gasteiger partial charge is 0.251 e. The third-order valence-electron chi connectivity index (χ3n) is 2.65. The van der Waals surface area contributed by atoms with Gasteiger partial charge >= 0.3 is 0 Å². The molecule has 0 atom stereocenters. The lowest BCUT2D eigenvalue weighted by Gasteiger charge is -2.08. The third-order valence-corrected chi connectivity index (χ3v) is 3.99. The minimum absolute atomic E-state index is 0.0922. The van der Waals surface area contributed by atoms with Crippen LogP contribution in [-0.4, -0.2) is 12.5 Å². The molecule has 0 radical (unpaired) electrons. The number of anilines is 1. The number of benzene rings is 2. The Hall–Kier alpha value is -1.65. The molecule has 0 bridgehead atoms. The molecule has 0 aliphatic rings. The molecule has 5 heteroatoms. The molecule has 0 heterocycles. The molecule has 2 rings (SSSR count). The SMILES string of the molecule is CCNC(=O)c1ccc(N)c(Sc2ccc(Cl)cc2)c1. The van der Waals surface area contributed by atoms with Crippen LogP contribution in [0.1, 0.15) is 17.3 Å². The molecule has 3 nitrogen and oxygen atoms in total. The van der Waals surface area contributed by atoms with Gasteiger partial charge in [0, 0.05) is 32.6 Å². The third kappa shape index (κ3) is 3.68. The Labute approximate surface area is 127 Å². The highest BCUT2D eigenvalue weighted by Crippen LogP contribution is 2.33. The van der Waals surface area contributed by atoms with Gasteiger partial charge in [-0.3, -0.25) is 4.79 Å². The molecule has 0 aromatic heterocycles. The normalized spacial score (nSPS) is 10.3. The fraction of sp³-hybridized carbons (Fsp3) is 0.133. The molecule has 1 amide bonds. The number of nitrogens with two attached hydrogens (primary N) is 1. The number of nitrogen functional groups attached to an aromatic ring is 1. The van der Waals surface area contributed by atoms with Crippen LogP contribution in [0.5, 0.6) is 0 Å². The van der Waals surface area contributed by atoms with Gasteiger partial charge in [-0.25, -0.2) is 0 Å². The predicted octanol–water partition coefficient (Wildman–Crippen LogP) is 3.82. The van der Waals surface area contributed by atoms with E-state index in [4.69, 9.17) is 17.3 Å². The van der Waals surface area contributed by atoms with Crippen LogP contribution in [0.25, 0.3) is 0 Å². The highest BCUT2D eigenvalue weighted by atomic mass is 35.5. The van der Waals surface area contributed by atoms with Crippen molar-refractivity contribution >= 4 is 35.0 Å². The second-order valence-corrected chi connectivity index (χ2v) is 5.72. The number of hydrogen-bond donors (Lipinski definition) is 2. The molecule has 0 saturated heterocycles. The van der Waals surface area contributed by atoms with Crippen molar-refractivity contribution in [2.24, 2.45) is 0 Å². The van der Waals surface area contributed by atoms with E-state index in [1.807, 2.05) is 31.2 Å². The van der Waals surface area contributed by atoms with E-state index in [1.54, 1.807) is 18.2 Å². The largest absolute Gasteiger partial charge is 0.398 e. The van der Waals surface area contributed by atoms with E-state index in [0.29, 0.717) is 22.8 Å². The van der Waals surface area contributed by atoms with Crippen molar-refractivity contribution in [3.05, 3.63) is 53.1 Å². The van der Waals surface area contributed by atoms with Gasteiger partial charge in [-0.15, -0.1) is 0 Å². The molecule has 0 unspecified atom stereocenters. The Morgan fingerprint density at radius 1 is 1.25 bits per heavy atom. The average Bonchev–Trinajstić information content (AvgIpc) is 2.44. The lowest BCUT2D eigenvalue weighted by molar-refractivity contribution is 0.0955. The minimum Gasteiger partial charge on any atom is -0.398 e. The second kappa shape index (κ2) is 6.68. The summed E-state index contributed by atoms with van der Waals surface area (Å²) in [5.41, 5.74) is 7.22. The molecule has 3 N–H and O–H groups in total. The van der Waals surface area contributed by atoms with Crippen molar-refractivity contribution in [1.29, 1.82) is 0 Å².